The van der Waals surface area contributed by atoms with Crippen LogP contribution in [0.5, 0.6) is 0 Å². The number of ether oxygens (including phenoxy) is 1. The Bertz CT molecular complexity index is 1100. The molecule has 1 aliphatic rings. The van der Waals surface area contributed by atoms with Crippen molar-refractivity contribution in [3.63, 3.8) is 0 Å². The minimum Gasteiger partial charge on any atom is -0.464 e. The first-order chi connectivity index (χ1) is 17.2. The Hall–Kier alpha value is -3.50. The quantitative estimate of drug-likeness (QED) is 0.250. The van der Waals surface area contributed by atoms with Crippen molar-refractivity contribution in [2.24, 2.45) is 0 Å². The molecule has 0 radical (unpaired) electrons. The standard InChI is InChI=1S/C25H29ClN4O6/c1-2-36-23(32)20(14-17-6-4-3-5-7-17)28-24(33)25(10-12-27-13-11-25)29-22(31)16-18-8-9-19(26)21(15-18)30(34)35/h3-9,15,20,27H,2,10-14,16H2,1H3,(H,28,33)(H,29,31). The molecule has 1 unspecified atom stereocenters. The maximum absolute atomic E-state index is 13.5. The molecular weight excluding hydrogens is 488 g/mol. The number of nitro groups is 1. The Balaban J connectivity index is 1.77. The van der Waals surface area contributed by atoms with Crippen LogP contribution in [0.3, 0.4) is 0 Å². The van der Waals surface area contributed by atoms with E-state index in [1.54, 1.807) is 6.92 Å². The van der Waals surface area contributed by atoms with Gasteiger partial charge in [0.2, 0.25) is 11.8 Å². The average Bonchev–Trinajstić information content (AvgIpc) is 2.86. The fraction of sp³-hybridized carbons (Fsp3) is 0.400. The summed E-state index contributed by atoms with van der Waals surface area (Å²) in [5, 5.41) is 20.0. The van der Waals surface area contributed by atoms with Gasteiger partial charge in [0, 0.05) is 12.5 Å². The van der Waals surface area contributed by atoms with E-state index in [1.807, 2.05) is 30.3 Å². The molecule has 11 heteroatoms. The monoisotopic (exact) mass is 516 g/mol. The summed E-state index contributed by atoms with van der Waals surface area (Å²) in [6.45, 7) is 2.83. The number of carbonyl (C=O) groups is 3. The minimum atomic E-state index is -1.25. The van der Waals surface area contributed by atoms with E-state index in [2.05, 4.69) is 16.0 Å². The Morgan fingerprint density at radius 1 is 1.14 bits per heavy atom. The fourth-order valence-electron chi connectivity index (χ4n) is 4.15. The molecule has 0 aliphatic carbocycles. The Morgan fingerprint density at radius 3 is 2.47 bits per heavy atom. The largest absolute Gasteiger partial charge is 0.464 e. The molecule has 3 rings (SSSR count). The van der Waals surface area contributed by atoms with Crippen LogP contribution in [0.25, 0.3) is 0 Å². The summed E-state index contributed by atoms with van der Waals surface area (Å²) in [5.41, 5.74) is -0.304. The van der Waals surface area contributed by atoms with Gasteiger partial charge >= 0.3 is 5.97 Å². The second-order valence-corrected chi connectivity index (χ2v) is 8.97. The number of rotatable bonds is 10. The van der Waals surface area contributed by atoms with Crippen LogP contribution in [-0.4, -0.2) is 54.0 Å². The lowest BCUT2D eigenvalue weighted by molar-refractivity contribution is -0.384. The number of piperidine rings is 1. The molecule has 1 heterocycles. The van der Waals surface area contributed by atoms with E-state index < -0.39 is 34.3 Å². The number of amides is 2. The maximum Gasteiger partial charge on any atom is 0.328 e. The zero-order valence-corrected chi connectivity index (χ0v) is 20.7. The summed E-state index contributed by atoms with van der Waals surface area (Å²) < 4.78 is 5.18. The Kier molecular flexibility index (Phi) is 9.38. The highest BCUT2D eigenvalue weighted by molar-refractivity contribution is 6.32. The highest BCUT2D eigenvalue weighted by atomic mass is 35.5. The predicted molar refractivity (Wildman–Crippen MR) is 133 cm³/mol. The molecule has 10 nitrogen and oxygen atoms in total. The molecule has 0 aromatic heterocycles. The van der Waals surface area contributed by atoms with E-state index in [-0.39, 0.29) is 30.2 Å². The van der Waals surface area contributed by atoms with Crippen LogP contribution in [0.1, 0.15) is 30.9 Å². The van der Waals surface area contributed by atoms with Gasteiger partial charge in [0.25, 0.3) is 5.69 Å². The Morgan fingerprint density at radius 2 is 1.83 bits per heavy atom. The van der Waals surface area contributed by atoms with E-state index in [0.29, 0.717) is 31.5 Å². The van der Waals surface area contributed by atoms with Crippen LogP contribution in [-0.2, 0) is 32.0 Å². The number of halogens is 1. The van der Waals surface area contributed by atoms with Gasteiger partial charge in [-0.2, -0.15) is 0 Å². The van der Waals surface area contributed by atoms with Gasteiger partial charge in [-0.3, -0.25) is 19.7 Å². The van der Waals surface area contributed by atoms with Gasteiger partial charge < -0.3 is 20.7 Å². The molecule has 2 aromatic carbocycles. The number of esters is 1. The SMILES string of the molecule is CCOC(=O)C(Cc1ccccc1)NC(=O)C1(NC(=O)Cc2ccc(Cl)c([N+](=O)[O-])c2)CCNCC1. The maximum atomic E-state index is 13.5. The zero-order chi connectivity index (χ0) is 26.1. The lowest BCUT2D eigenvalue weighted by Crippen LogP contribution is -2.65. The highest BCUT2D eigenvalue weighted by Gasteiger charge is 2.42. The fourth-order valence-corrected chi connectivity index (χ4v) is 4.34. The van der Waals surface area contributed by atoms with Crippen molar-refractivity contribution < 1.29 is 24.0 Å². The molecule has 192 valence electrons. The van der Waals surface area contributed by atoms with Crippen LogP contribution in [0.4, 0.5) is 5.69 Å². The molecular formula is C25H29ClN4O6. The number of nitrogens with zero attached hydrogens (tertiary/aromatic N) is 1. The van der Waals surface area contributed by atoms with E-state index in [1.165, 1.54) is 18.2 Å². The summed E-state index contributed by atoms with van der Waals surface area (Å²) >= 11 is 5.86. The third-order valence-electron chi connectivity index (χ3n) is 6.00. The second kappa shape index (κ2) is 12.5. The molecule has 0 bridgehead atoms. The van der Waals surface area contributed by atoms with Gasteiger partial charge in [0.05, 0.1) is 18.0 Å². The number of hydrogen-bond donors (Lipinski definition) is 3. The van der Waals surface area contributed by atoms with Crippen molar-refractivity contribution >= 4 is 35.1 Å². The first kappa shape index (κ1) is 27.1. The van der Waals surface area contributed by atoms with Crippen LogP contribution in [0, 0.1) is 10.1 Å². The topological polar surface area (TPSA) is 140 Å². The molecule has 0 spiro atoms. The highest BCUT2D eigenvalue weighted by Crippen LogP contribution is 2.26. The first-order valence-corrected chi connectivity index (χ1v) is 12.1. The predicted octanol–water partition coefficient (Wildman–Crippen LogP) is 2.32. The normalized spacial score (nSPS) is 15.4. The van der Waals surface area contributed by atoms with Crippen molar-refractivity contribution in [1.29, 1.82) is 0 Å². The summed E-state index contributed by atoms with van der Waals surface area (Å²) in [4.78, 5) is 49.7. The number of carbonyl (C=O) groups excluding carboxylic acids is 3. The van der Waals surface area contributed by atoms with Crippen LogP contribution < -0.4 is 16.0 Å². The summed E-state index contributed by atoms with van der Waals surface area (Å²) in [6, 6.07) is 12.5. The van der Waals surface area contributed by atoms with Crippen molar-refractivity contribution in [2.75, 3.05) is 19.7 Å². The van der Waals surface area contributed by atoms with Gasteiger partial charge in [-0.1, -0.05) is 48.0 Å². The molecule has 1 atom stereocenters. The van der Waals surface area contributed by atoms with E-state index in [4.69, 9.17) is 16.3 Å². The number of nitro benzene ring substituents is 1. The number of nitrogens with one attached hydrogen (secondary N) is 3. The first-order valence-electron chi connectivity index (χ1n) is 11.7. The van der Waals surface area contributed by atoms with Crippen molar-refractivity contribution in [1.82, 2.24) is 16.0 Å². The molecule has 3 N–H and O–H groups in total. The second-order valence-electron chi connectivity index (χ2n) is 8.57. The van der Waals surface area contributed by atoms with Gasteiger partial charge in [-0.05, 0) is 50.0 Å². The smallest absolute Gasteiger partial charge is 0.328 e. The van der Waals surface area contributed by atoms with Crippen LogP contribution >= 0.6 is 11.6 Å². The average molecular weight is 517 g/mol. The van der Waals surface area contributed by atoms with Crippen molar-refractivity contribution in [3.8, 4) is 0 Å². The van der Waals surface area contributed by atoms with Crippen molar-refractivity contribution in [2.45, 2.75) is 44.2 Å². The van der Waals surface area contributed by atoms with Gasteiger partial charge in [-0.15, -0.1) is 0 Å². The minimum absolute atomic E-state index is 0.0261. The summed E-state index contributed by atoms with van der Waals surface area (Å²) in [7, 11) is 0. The third kappa shape index (κ3) is 7.02. The zero-order valence-electron chi connectivity index (χ0n) is 19.9. The molecule has 1 saturated heterocycles. The van der Waals surface area contributed by atoms with Crippen LogP contribution in [0.2, 0.25) is 5.02 Å². The summed E-state index contributed by atoms with van der Waals surface area (Å²) in [6.07, 6.45) is 0.687. The molecule has 0 saturated carbocycles. The molecule has 36 heavy (non-hydrogen) atoms. The molecule has 2 amide bonds. The number of hydrogen-bond acceptors (Lipinski definition) is 7. The van der Waals surface area contributed by atoms with E-state index in [0.717, 1.165) is 5.56 Å². The third-order valence-corrected chi connectivity index (χ3v) is 6.32. The summed E-state index contributed by atoms with van der Waals surface area (Å²) in [5.74, 6) is -1.51. The van der Waals surface area contributed by atoms with Crippen molar-refractivity contribution in [3.05, 3.63) is 74.8 Å². The van der Waals surface area contributed by atoms with Gasteiger partial charge in [0.1, 0.15) is 16.6 Å². The lowest BCUT2D eigenvalue weighted by Gasteiger charge is -2.38. The molecule has 1 fully saturated rings. The van der Waals surface area contributed by atoms with E-state index in [9.17, 15) is 24.5 Å². The Labute approximate surface area is 213 Å². The molecule has 2 aromatic rings. The number of benzene rings is 2. The van der Waals surface area contributed by atoms with Gasteiger partial charge in [-0.25, -0.2) is 4.79 Å². The van der Waals surface area contributed by atoms with Crippen LogP contribution in [0.15, 0.2) is 48.5 Å². The molecule has 1 aliphatic heterocycles. The van der Waals surface area contributed by atoms with Gasteiger partial charge in [0.15, 0.2) is 0 Å². The van der Waals surface area contributed by atoms with E-state index >= 15 is 0 Å². The lowest BCUT2D eigenvalue weighted by atomic mass is 9.86.